The summed E-state index contributed by atoms with van der Waals surface area (Å²) in [6.07, 6.45) is -0.646. The molecule has 0 aromatic heterocycles. The third-order valence-corrected chi connectivity index (χ3v) is 2.89. The van der Waals surface area contributed by atoms with Gasteiger partial charge in [-0.1, -0.05) is 6.07 Å². The molecule has 0 radical (unpaired) electrons. The molecule has 1 aromatic carbocycles. The van der Waals surface area contributed by atoms with Crippen molar-refractivity contribution >= 4 is 5.69 Å². The summed E-state index contributed by atoms with van der Waals surface area (Å²) in [6.45, 7) is 8.18. The zero-order chi connectivity index (χ0) is 13.5. The zero-order valence-electron chi connectivity index (χ0n) is 11.3. The lowest BCUT2D eigenvalue weighted by molar-refractivity contribution is 0.154. The minimum Gasteiger partial charge on any atom is -0.389 e. The van der Waals surface area contributed by atoms with Gasteiger partial charge in [0.05, 0.1) is 18.4 Å². The molecule has 102 valence electrons. The molecule has 1 aromatic rings. The van der Waals surface area contributed by atoms with E-state index in [1.807, 2.05) is 18.7 Å². The number of aliphatic hydroxyl groups is 1. The van der Waals surface area contributed by atoms with Crippen molar-refractivity contribution in [3.63, 3.8) is 0 Å². The Hall–Kier alpha value is -1.13. The van der Waals surface area contributed by atoms with E-state index in [2.05, 4.69) is 0 Å². The minimum atomic E-state index is -0.646. The molecule has 0 saturated heterocycles. The van der Waals surface area contributed by atoms with E-state index in [0.717, 1.165) is 6.54 Å². The average Bonchev–Trinajstić information content (AvgIpc) is 2.35. The molecule has 0 aliphatic heterocycles. The highest BCUT2D eigenvalue weighted by Gasteiger charge is 2.12. The second-order valence-electron chi connectivity index (χ2n) is 4.16. The molecule has 1 atom stereocenters. The Bertz CT molecular complexity index is 369. The molecule has 1 rings (SSSR count). The normalized spacial score (nSPS) is 12.5. The Kier molecular flexibility index (Phi) is 6.09. The van der Waals surface area contributed by atoms with Crippen LogP contribution in [0.15, 0.2) is 18.2 Å². The molecule has 0 amide bonds. The van der Waals surface area contributed by atoms with Crippen molar-refractivity contribution in [1.29, 1.82) is 0 Å². The predicted octanol–water partition coefficient (Wildman–Crippen LogP) is 2.74. The molecule has 3 nitrogen and oxygen atoms in total. The summed E-state index contributed by atoms with van der Waals surface area (Å²) in [5.74, 6) is -0.299. The number of benzene rings is 1. The predicted molar refractivity (Wildman–Crippen MR) is 71.4 cm³/mol. The third-order valence-electron chi connectivity index (χ3n) is 2.89. The molecule has 0 unspecified atom stereocenters. The Balaban J connectivity index is 2.79. The van der Waals surface area contributed by atoms with Crippen LogP contribution in [0.3, 0.4) is 0 Å². The van der Waals surface area contributed by atoms with Gasteiger partial charge in [-0.2, -0.15) is 0 Å². The van der Waals surface area contributed by atoms with Crippen LogP contribution in [0.4, 0.5) is 10.1 Å². The fraction of sp³-hybridized carbons (Fsp3) is 0.571. The summed E-state index contributed by atoms with van der Waals surface area (Å²) in [4.78, 5) is 1.93. The largest absolute Gasteiger partial charge is 0.389 e. The van der Waals surface area contributed by atoms with Gasteiger partial charge in [0, 0.05) is 19.7 Å². The molecule has 0 saturated carbocycles. The first-order chi connectivity index (χ1) is 8.60. The minimum absolute atomic E-state index is 0.299. The van der Waals surface area contributed by atoms with Crippen LogP contribution in [0.1, 0.15) is 32.4 Å². The number of hydrogen-bond acceptors (Lipinski definition) is 3. The van der Waals surface area contributed by atoms with Crippen molar-refractivity contribution in [2.75, 3.05) is 31.2 Å². The quantitative estimate of drug-likeness (QED) is 0.760. The van der Waals surface area contributed by atoms with Gasteiger partial charge in [0.15, 0.2) is 0 Å². The number of ether oxygens (including phenoxy) is 1. The number of aliphatic hydroxyl groups excluding tert-OH is 1. The molecule has 0 bridgehead atoms. The standard InChI is InChI=1S/C14H22FNO2/c1-4-16(8-9-18-5-2)14-7-6-12(11(3)17)10-13(14)15/h6-7,10-11,17H,4-5,8-9H2,1-3H3/t11-/m0/s1. The number of hydrogen-bond donors (Lipinski definition) is 1. The molecule has 4 heteroatoms. The second kappa shape index (κ2) is 7.34. The molecule has 18 heavy (non-hydrogen) atoms. The van der Waals surface area contributed by atoms with Crippen LogP contribution in [0.25, 0.3) is 0 Å². The van der Waals surface area contributed by atoms with Crippen molar-refractivity contribution in [1.82, 2.24) is 0 Å². The van der Waals surface area contributed by atoms with E-state index in [0.29, 0.717) is 31.0 Å². The molecule has 0 aliphatic rings. The summed E-state index contributed by atoms with van der Waals surface area (Å²) in [5, 5.41) is 9.41. The smallest absolute Gasteiger partial charge is 0.146 e. The summed E-state index contributed by atoms with van der Waals surface area (Å²) < 4.78 is 19.2. The van der Waals surface area contributed by atoms with Crippen LogP contribution in [-0.2, 0) is 4.74 Å². The van der Waals surface area contributed by atoms with Crippen LogP contribution in [-0.4, -0.2) is 31.4 Å². The number of rotatable bonds is 7. The average molecular weight is 255 g/mol. The monoisotopic (exact) mass is 255 g/mol. The molecule has 0 aliphatic carbocycles. The maximum Gasteiger partial charge on any atom is 0.146 e. The van der Waals surface area contributed by atoms with Crippen LogP contribution in [0, 0.1) is 5.82 Å². The van der Waals surface area contributed by atoms with Crippen molar-refractivity contribution in [2.45, 2.75) is 26.9 Å². The first-order valence-corrected chi connectivity index (χ1v) is 6.40. The lowest BCUT2D eigenvalue weighted by atomic mass is 10.1. The highest BCUT2D eigenvalue weighted by atomic mass is 19.1. The maximum absolute atomic E-state index is 14.0. The molecule has 0 heterocycles. The van der Waals surface area contributed by atoms with Gasteiger partial charge in [0.25, 0.3) is 0 Å². The van der Waals surface area contributed by atoms with Gasteiger partial charge in [0.2, 0.25) is 0 Å². The van der Waals surface area contributed by atoms with E-state index >= 15 is 0 Å². The Morgan fingerprint density at radius 1 is 1.39 bits per heavy atom. The van der Waals surface area contributed by atoms with E-state index < -0.39 is 6.10 Å². The summed E-state index contributed by atoms with van der Waals surface area (Å²) >= 11 is 0. The molecule has 0 spiro atoms. The van der Waals surface area contributed by atoms with E-state index in [4.69, 9.17) is 4.74 Å². The maximum atomic E-state index is 14.0. The van der Waals surface area contributed by atoms with Gasteiger partial charge < -0.3 is 14.7 Å². The summed E-state index contributed by atoms with van der Waals surface area (Å²) in [5.41, 5.74) is 1.15. The van der Waals surface area contributed by atoms with Crippen LogP contribution in [0.5, 0.6) is 0 Å². The highest BCUT2D eigenvalue weighted by molar-refractivity contribution is 5.49. The van der Waals surface area contributed by atoms with Gasteiger partial charge in [-0.25, -0.2) is 4.39 Å². The van der Waals surface area contributed by atoms with Gasteiger partial charge >= 0.3 is 0 Å². The third kappa shape index (κ3) is 3.96. The Morgan fingerprint density at radius 3 is 2.61 bits per heavy atom. The topological polar surface area (TPSA) is 32.7 Å². The van der Waals surface area contributed by atoms with E-state index in [1.165, 1.54) is 6.07 Å². The van der Waals surface area contributed by atoms with Crippen LogP contribution < -0.4 is 4.90 Å². The summed E-state index contributed by atoms with van der Waals surface area (Å²) in [7, 11) is 0. The van der Waals surface area contributed by atoms with E-state index in [-0.39, 0.29) is 5.82 Å². The SMILES string of the molecule is CCOCCN(CC)c1ccc([C@H](C)O)cc1F. The molecule has 0 fully saturated rings. The van der Waals surface area contributed by atoms with Gasteiger partial charge in [-0.05, 0) is 38.5 Å². The van der Waals surface area contributed by atoms with Gasteiger partial charge in [-0.15, -0.1) is 0 Å². The van der Waals surface area contributed by atoms with Crippen molar-refractivity contribution in [3.05, 3.63) is 29.6 Å². The number of nitrogens with zero attached hydrogens (tertiary/aromatic N) is 1. The Morgan fingerprint density at radius 2 is 2.11 bits per heavy atom. The van der Waals surface area contributed by atoms with Crippen LogP contribution >= 0.6 is 0 Å². The lowest BCUT2D eigenvalue weighted by Gasteiger charge is -2.24. The summed E-state index contributed by atoms with van der Waals surface area (Å²) in [6, 6.07) is 4.86. The van der Waals surface area contributed by atoms with Crippen molar-refractivity contribution < 1.29 is 14.2 Å². The Labute approximate surface area is 108 Å². The molecular weight excluding hydrogens is 233 g/mol. The number of halogens is 1. The number of anilines is 1. The first-order valence-electron chi connectivity index (χ1n) is 6.40. The molecular formula is C14H22FNO2. The van der Waals surface area contributed by atoms with E-state index in [1.54, 1.807) is 19.1 Å². The van der Waals surface area contributed by atoms with Crippen LogP contribution in [0.2, 0.25) is 0 Å². The first kappa shape index (κ1) is 14.9. The van der Waals surface area contributed by atoms with Gasteiger partial charge in [0.1, 0.15) is 5.82 Å². The van der Waals surface area contributed by atoms with Crippen molar-refractivity contribution in [3.8, 4) is 0 Å². The fourth-order valence-corrected chi connectivity index (χ4v) is 1.81. The number of likely N-dealkylation sites (N-methyl/N-ethyl adjacent to an activating group) is 1. The van der Waals surface area contributed by atoms with Gasteiger partial charge in [-0.3, -0.25) is 0 Å². The zero-order valence-corrected chi connectivity index (χ0v) is 11.3. The second-order valence-corrected chi connectivity index (χ2v) is 4.16. The van der Waals surface area contributed by atoms with E-state index in [9.17, 15) is 9.50 Å². The lowest BCUT2D eigenvalue weighted by Crippen LogP contribution is -2.28. The van der Waals surface area contributed by atoms with Crippen molar-refractivity contribution in [2.24, 2.45) is 0 Å². The highest BCUT2D eigenvalue weighted by Crippen LogP contribution is 2.23. The fourth-order valence-electron chi connectivity index (χ4n) is 1.81. The molecule has 1 N–H and O–H groups in total.